The quantitative estimate of drug-likeness (QED) is 0.685. The van der Waals surface area contributed by atoms with Crippen LogP contribution in [0, 0.1) is 0 Å². The van der Waals surface area contributed by atoms with Gasteiger partial charge in [-0.1, -0.05) is 26.0 Å². The minimum Gasteiger partial charge on any atom is -0.478 e. The first-order valence-corrected chi connectivity index (χ1v) is 7.38. The molecule has 21 heavy (non-hydrogen) atoms. The van der Waals surface area contributed by atoms with Gasteiger partial charge in [0.05, 0.1) is 12.2 Å². The monoisotopic (exact) mass is 294 g/mol. The van der Waals surface area contributed by atoms with Crippen molar-refractivity contribution in [1.29, 1.82) is 0 Å². The number of nitrogens with two attached hydrogens (primary N) is 1. The van der Waals surface area contributed by atoms with Gasteiger partial charge in [0.15, 0.2) is 0 Å². The lowest BCUT2D eigenvalue weighted by Crippen LogP contribution is -2.37. The molecule has 0 radical (unpaired) electrons. The Morgan fingerprint density at radius 2 is 2.05 bits per heavy atom. The number of anilines is 1. The lowest BCUT2D eigenvalue weighted by Gasteiger charge is -2.30. The van der Waals surface area contributed by atoms with Gasteiger partial charge >= 0.3 is 5.97 Å². The van der Waals surface area contributed by atoms with E-state index in [0.717, 1.165) is 24.9 Å². The number of aromatic carboxylic acids is 1. The Hall–Kier alpha value is -1.59. The Bertz CT molecular complexity index is 459. The highest BCUT2D eigenvalue weighted by molar-refractivity contribution is 5.95. The largest absolute Gasteiger partial charge is 0.478 e. The van der Waals surface area contributed by atoms with Crippen molar-refractivity contribution in [1.82, 2.24) is 4.90 Å². The van der Waals surface area contributed by atoms with Gasteiger partial charge < -0.3 is 15.6 Å². The summed E-state index contributed by atoms with van der Waals surface area (Å²) in [6.45, 7) is 6.26. The standard InChI is InChI=1S/C16H26N2O3/c1-4-13(5-2)18(9-10-21-3)11-12-7-6-8-14(17)15(12)16(19)20/h6-8,13H,4-5,9-11,17H2,1-3H3,(H,19,20). The van der Waals surface area contributed by atoms with Crippen molar-refractivity contribution in [2.24, 2.45) is 0 Å². The van der Waals surface area contributed by atoms with E-state index in [4.69, 9.17) is 10.5 Å². The predicted molar refractivity (Wildman–Crippen MR) is 84.5 cm³/mol. The number of hydrogen-bond acceptors (Lipinski definition) is 4. The molecule has 0 amide bonds. The second kappa shape index (κ2) is 8.64. The maximum atomic E-state index is 11.4. The normalized spacial score (nSPS) is 11.3. The number of hydrogen-bond donors (Lipinski definition) is 2. The fourth-order valence-corrected chi connectivity index (χ4v) is 2.64. The molecule has 1 aromatic carbocycles. The molecule has 1 rings (SSSR count). The van der Waals surface area contributed by atoms with Gasteiger partial charge in [0, 0.05) is 31.9 Å². The molecule has 5 nitrogen and oxygen atoms in total. The molecule has 118 valence electrons. The molecular weight excluding hydrogens is 268 g/mol. The van der Waals surface area contributed by atoms with Crippen LogP contribution in [0.4, 0.5) is 5.69 Å². The molecule has 0 saturated heterocycles. The average molecular weight is 294 g/mol. The highest BCUT2D eigenvalue weighted by Crippen LogP contribution is 2.21. The van der Waals surface area contributed by atoms with Crippen molar-refractivity contribution in [3.8, 4) is 0 Å². The third-order valence-corrected chi connectivity index (χ3v) is 3.81. The van der Waals surface area contributed by atoms with E-state index in [9.17, 15) is 9.90 Å². The zero-order chi connectivity index (χ0) is 15.8. The number of methoxy groups -OCH3 is 1. The van der Waals surface area contributed by atoms with Crippen LogP contribution in [0.1, 0.15) is 42.6 Å². The maximum Gasteiger partial charge on any atom is 0.338 e. The van der Waals surface area contributed by atoms with E-state index in [1.165, 1.54) is 0 Å². The molecule has 0 unspecified atom stereocenters. The Morgan fingerprint density at radius 1 is 1.38 bits per heavy atom. The Balaban J connectivity index is 3.02. The number of carbonyl (C=O) groups is 1. The first kappa shape index (κ1) is 17.5. The summed E-state index contributed by atoms with van der Waals surface area (Å²) in [5, 5.41) is 9.37. The lowest BCUT2D eigenvalue weighted by atomic mass is 10.0. The molecule has 0 aromatic heterocycles. The van der Waals surface area contributed by atoms with Crippen molar-refractivity contribution >= 4 is 11.7 Å². The first-order chi connectivity index (χ1) is 10.0. The van der Waals surface area contributed by atoms with E-state index in [2.05, 4.69) is 18.7 Å². The molecule has 0 spiro atoms. The second-order valence-corrected chi connectivity index (χ2v) is 5.12. The highest BCUT2D eigenvalue weighted by atomic mass is 16.5. The molecule has 1 aromatic rings. The highest BCUT2D eigenvalue weighted by Gasteiger charge is 2.20. The van der Waals surface area contributed by atoms with Crippen LogP contribution < -0.4 is 5.73 Å². The summed E-state index contributed by atoms with van der Waals surface area (Å²) in [7, 11) is 1.67. The van der Waals surface area contributed by atoms with Crippen LogP contribution in [0.5, 0.6) is 0 Å². The van der Waals surface area contributed by atoms with Gasteiger partial charge in [0.2, 0.25) is 0 Å². The number of nitrogens with zero attached hydrogens (tertiary/aromatic N) is 1. The summed E-state index contributed by atoms with van der Waals surface area (Å²) < 4.78 is 5.17. The first-order valence-electron chi connectivity index (χ1n) is 7.38. The van der Waals surface area contributed by atoms with Gasteiger partial charge in [-0.15, -0.1) is 0 Å². The van der Waals surface area contributed by atoms with Crippen LogP contribution in [-0.4, -0.2) is 42.3 Å². The fraction of sp³-hybridized carbons (Fsp3) is 0.562. The zero-order valence-corrected chi connectivity index (χ0v) is 13.1. The molecule has 0 atom stereocenters. The summed E-state index contributed by atoms with van der Waals surface area (Å²) in [6.07, 6.45) is 2.04. The van der Waals surface area contributed by atoms with Crippen molar-refractivity contribution in [3.05, 3.63) is 29.3 Å². The van der Waals surface area contributed by atoms with Crippen molar-refractivity contribution in [2.45, 2.75) is 39.3 Å². The van der Waals surface area contributed by atoms with Crippen LogP contribution in [0.15, 0.2) is 18.2 Å². The molecule has 0 aliphatic heterocycles. The molecule has 0 aliphatic carbocycles. The van der Waals surface area contributed by atoms with E-state index >= 15 is 0 Å². The zero-order valence-electron chi connectivity index (χ0n) is 13.1. The average Bonchev–Trinajstić information content (AvgIpc) is 2.45. The molecule has 0 aliphatic rings. The maximum absolute atomic E-state index is 11.4. The number of rotatable bonds is 9. The fourth-order valence-electron chi connectivity index (χ4n) is 2.64. The lowest BCUT2D eigenvalue weighted by molar-refractivity contribution is 0.0693. The SMILES string of the molecule is CCC(CC)N(CCOC)Cc1cccc(N)c1C(=O)O. The van der Waals surface area contributed by atoms with E-state index in [-0.39, 0.29) is 5.56 Å². The number of carboxylic acid groups (broad SMARTS) is 1. The molecule has 0 saturated carbocycles. The summed E-state index contributed by atoms with van der Waals surface area (Å²) in [6, 6.07) is 5.67. The van der Waals surface area contributed by atoms with Crippen LogP contribution >= 0.6 is 0 Å². The van der Waals surface area contributed by atoms with Crippen LogP contribution in [0.3, 0.4) is 0 Å². The van der Waals surface area contributed by atoms with E-state index in [0.29, 0.717) is 24.9 Å². The summed E-state index contributed by atoms with van der Waals surface area (Å²) in [5.74, 6) is -0.973. The minimum absolute atomic E-state index is 0.214. The molecule has 5 heteroatoms. The van der Waals surface area contributed by atoms with Gasteiger partial charge in [-0.25, -0.2) is 4.79 Å². The molecule has 0 fully saturated rings. The van der Waals surface area contributed by atoms with Crippen molar-refractivity contribution < 1.29 is 14.6 Å². The topological polar surface area (TPSA) is 75.8 Å². The predicted octanol–water partition coefficient (Wildman–Crippen LogP) is 2.60. The van der Waals surface area contributed by atoms with Crippen molar-refractivity contribution in [3.63, 3.8) is 0 Å². The van der Waals surface area contributed by atoms with Crippen LogP contribution in [0.2, 0.25) is 0 Å². The molecule has 0 heterocycles. The summed E-state index contributed by atoms with van der Waals surface area (Å²) >= 11 is 0. The third-order valence-electron chi connectivity index (χ3n) is 3.81. The smallest absolute Gasteiger partial charge is 0.338 e. The van der Waals surface area contributed by atoms with Gasteiger partial charge in [-0.3, -0.25) is 4.90 Å². The van der Waals surface area contributed by atoms with Crippen molar-refractivity contribution in [2.75, 3.05) is 26.0 Å². The van der Waals surface area contributed by atoms with Gasteiger partial charge in [0.1, 0.15) is 0 Å². The Labute approximate surface area is 126 Å². The Kier molecular flexibility index (Phi) is 7.19. The number of nitrogen functional groups attached to an aromatic ring is 1. The van der Waals surface area contributed by atoms with Gasteiger partial charge in [-0.05, 0) is 24.5 Å². The third kappa shape index (κ3) is 4.72. The Morgan fingerprint density at radius 3 is 2.57 bits per heavy atom. The number of benzene rings is 1. The van der Waals surface area contributed by atoms with E-state index < -0.39 is 5.97 Å². The van der Waals surface area contributed by atoms with Gasteiger partial charge in [-0.2, -0.15) is 0 Å². The van der Waals surface area contributed by atoms with E-state index in [1.54, 1.807) is 19.2 Å². The second-order valence-electron chi connectivity index (χ2n) is 5.12. The summed E-state index contributed by atoms with van der Waals surface area (Å²) in [4.78, 5) is 13.7. The molecule has 0 bridgehead atoms. The number of carboxylic acids is 1. The van der Waals surface area contributed by atoms with Gasteiger partial charge in [0.25, 0.3) is 0 Å². The van der Waals surface area contributed by atoms with Crippen LogP contribution in [-0.2, 0) is 11.3 Å². The van der Waals surface area contributed by atoms with Crippen LogP contribution in [0.25, 0.3) is 0 Å². The molecule has 3 N–H and O–H groups in total. The van der Waals surface area contributed by atoms with E-state index in [1.807, 2.05) is 6.07 Å². The minimum atomic E-state index is -0.973. The number of ether oxygens (including phenoxy) is 1. The molecular formula is C16H26N2O3. The summed E-state index contributed by atoms with van der Waals surface area (Å²) in [5.41, 5.74) is 7.10.